The van der Waals surface area contributed by atoms with Gasteiger partial charge in [0, 0.05) is 92.0 Å². The van der Waals surface area contributed by atoms with Gasteiger partial charge in [-0.05, 0) is 151 Å². The van der Waals surface area contributed by atoms with Crippen LogP contribution < -0.4 is 0 Å². The molecule has 6 nitrogen and oxygen atoms in total. The van der Waals surface area contributed by atoms with Gasteiger partial charge in [-0.1, -0.05) is 60.7 Å². The summed E-state index contributed by atoms with van der Waals surface area (Å²) in [4.78, 5) is 60.6. The fourth-order valence-electron chi connectivity index (χ4n) is 7.90. The van der Waals surface area contributed by atoms with Crippen molar-refractivity contribution in [3.63, 3.8) is 0 Å². The van der Waals surface area contributed by atoms with Gasteiger partial charge in [0.2, 0.25) is 0 Å². The molecule has 4 amide bonds. The molecule has 14 heteroatoms. The van der Waals surface area contributed by atoms with Crippen LogP contribution >= 0.6 is 127 Å². The lowest BCUT2D eigenvalue weighted by atomic mass is 9.82. The number of benzene rings is 7. The molecule has 0 fully saturated rings. The fourth-order valence-corrected chi connectivity index (χ4v) is 12.5. The summed E-state index contributed by atoms with van der Waals surface area (Å²) >= 11 is 30.6. The molecule has 9 rings (SSSR count). The van der Waals surface area contributed by atoms with Crippen LogP contribution in [0.5, 0.6) is 0 Å². The van der Waals surface area contributed by atoms with E-state index in [1.165, 1.54) is 9.80 Å². The Balaban J connectivity index is 1.37. The van der Waals surface area contributed by atoms with Crippen LogP contribution in [0.2, 0.25) is 0 Å². The molecule has 7 aromatic carbocycles. The van der Waals surface area contributed by atoms with Crippen molar-refractivity contribution >= 4 is 194 Å². The molecule has 0 unspecified atom stereocenters. The van der Waals surface area contributed by atoms with Gasteiger partial charge in [0.25, 0.3) is 23.6 Å². The van der Waals surface area contributed by atoms with Gasteiger partial charge in [-0.3, -0.25) is 29.0 Å². The average molecular weight is 1230 g/mol. The lowest BCUT2D eigenvalue weighted by Crippen LogP contribution is -2.42. The Morgan fingerprint density at radius 1 is 0.333 bits per heavy atom. The Bertz CT molecular complexity index is 2560. The summed E-state index contributed by atoms with van der Waals surface area (Å²) in [5.41, 5.74) is 3.45. The van der Waals surface area contributed by atoms with E-state index >= 15 is 0 Å². The molecular formula is C40H18Br8N2O4. The van der Waals surface area contributed by atoms with Crippen molar-refractivity contribution in [1.29, 1.82) is 0 Å². The molecule has 0 N–H and O–H groups in total. The first-order valence-electron chi connectivity index (χ1n) is 16.4. The highest BCUT2D eigenvalue weighted by Crippen LogP contribution is 2.59. The number of carbonyl (C=O) groups excluding carboxylic acids is 4. The number of imide groups is 2. The van der Waals surface area contributed by atoms with Crippen molar-refractivity contribution in [3.8, 4) is 0 Å². The first-order valence-corrected chi connectivity index (χ1v) is 22.7. The van der Waals surface area contributed by atoms with Crippen LogP contribution in [0.3, 0.4) is 0 Å². The number of halogens is 8. The molecule has 7 aromatic rings. The molecule has 0 saturated heterocycles. The molecule has 0 bridgehead atoms. The van der Waals surface area contributed by atoms with Crippen molar-refractivity contribution < 1.29 is 19.2 Å². The Kier molecular flexibility index (Phi) is 9.60. The highest BCUT2D eigenvalue weighted by molar-refractivity contribution is 9.14. The highest BCUT2D eigenvalue weighted by atomic mass is 79.9. The van der Waals surface area contributed by atoms with Crippen molar-refractivity contribution in [2.45, 2.75) is 12.8 Å². The fraction of sp³-hybridized carbons (Fsp3) is 0.100. The maximum Gasteiger partial charge on any atom is 0.262 e. The van der Waals surface area contributed by atoms with Gasteiger partial charge in [-0.15, -0.1) is 0 Å². The number of hydrogen-bond donors (Lipinski definition) is 0. The summed E-state index contributed by atoms with van der Waals surface area (Å²) in [6.45, 7) is 0.380. The SMILES string of the molecule is O=C1c2c(Br)c(Br)c3c4c(Br)c(Br)c5c6c(c(Br)c(Br)c(c7c(Br)c(Br)c(c2c37)C(=O)N1CCc1ccccc1)c64)C(=O)N(CCc1ccccc1)C5=O. The smallest absolute Gasteiger partial charge is 0.262 e. The number of hydrogen-bond acceptors (Lipinski definition) is 4. The van der Waals surface area contributed by atoms with Crippen LogP contribution in [-0.2, 0) is 12.8 Å². The van der Waals surface area contributed by atoms with E-state index in [2.05, 4.69) is 127 Å². The Morgan fingerprint density at radius 3 is 0.852 bits per heavy atom. The number of carbonyl (C=O) groups is 4. The van der Waals surface area contributed by atoms with Gasteiger partial charge in [0.1, 0.15) is 0 Å². The monoisotopic (exact) mass is 1220 g/mol. The first-order chi connectivity index (χ1) is 25.9. The molecule has 0 aliphatic carbocycles. The molecule has 2 heterocycles. The predicted molar refractivity (Wildman–Crippen MR) is 240 cm³/mol. The summed E-state index contributed by atoms with van der Waals surface area (Å²) in [7, 11) is 0. The van der Waals surface area contributed by atoms with Crippen LogP contribution in [0, 0.1) is 0 Å². The van der Waals surface area contributed by atoms with E-state index in [4.69, 9.17) is 0 Å². The van der Waals surface area contributed by atoms with Gasteiger partial charge in [-0.2, -0.15) is 0 Å². The molecule has 2 aliphatic rings. The normalized spacial score (nSPS) is 14.3. The summed E-state index contributed by atoms with van der Waals surface area (Å²) in [6.07, 6.45) is 0.987. The third-order valence-corrected chi connectivity index (χ3v) is 18.8. The van der Waals surface area contributed by atoms with Gasteiger partial charge < -0.3 is 0 Å². The maximum absolute atomic E-state index is 14.5. The van der Waals surface area contributed by atoms with E-state index in [9.17, 15) is 19.2 Å². The second-order valence-electron chi connectivity index (χ2n) is 13.0. The van der Waals surface area contributed by atoms with E-state index in [1.54, 1.807) is 0 Å². The number of amides is 4. The van der Waals surface area contributed by atoms with Crippen LogP contribution in [0.4, 0.5) is 0 Å². The highest BCUT2D eigenvalue weighted by Gasteiger charge is 2.43. The maximum atomic E-state index is 14.5. The van der Waals surface area contributed by atoms with Crippen LogP contribution in [0.15, 0.2) is 96.4 Å². The van der Waals surface area contributed by atoms with E-state index in [-0.39, 0.29) is 13.1 Å². The van der Waals surface area contributed by atoms with Gasteiger partial charge in [0.05, 0.1) is 22.3 Å². The molecule has 0 aromatic heterocycles. The Labute approximate surface area is 374 Å². The lowest BCUT2D eigenvalue weighted by molar-refractivity contribution is 0.0595. The zero-order valence-corrected chi connectivity index (χ0v) is 39.8. The number of nitrogens with zero attached hydrogens (tertiary/aromatic N) is 2. The molecule has 0 saturated carbocycles. The zero-order chi connectivity index (χ0) is 38.1. The Morgan fingerprint density at radius 2 is 0.593 bits per heavy atom. The minimum absolute atomic E-state index is 0.190. The van der Waals surface area contributed by atoms with E-state index in [1.807, 2.05) is 60.7 Å². The predicted octanol–water partition coefficient (Wildman–Crippen LogP) is 13.5. The quantitative estimate of drug-likeness (QED) is 0.0945. The standard InChI is InChI=1S/C40H18Br8N2O4/c41-29-21-17-19-25(33(29)45)37(51)49(13-11-15-7-3-1-4-8-15)38(52)26(19)34(46)30(42)22(17)24-18-20-27(35(47)31(43)23(18)21)39(53)50(14-12-16-9-5-2-6-10-16)40(54)28(20)36(48)32(24)44/h1-10H,11-14H2. The summed E-state index contributed by atoms with van der Waals surface area (Å²) < 4.78 is 4.29. The summed E-state index contributed by atoms with van der Waals surface area (Å²) in [5.74, 6) is -1.64. The summed E-state index contributed by atoms with van der Waals surface area (Å²) in [5, 5.41) is 5.12. The van der Waals surface area contributed by atoms with Crippen molar-refractivity contribution in [2.24, 2.45) is 0 Å². The minimum atomic E-state index is -0.411. The molecule has 0 atom stereocenters. The second kappa shape index (κ2) is 13.8. The van der Waals surface area contributed by atoms with Crippen molar-refractivity contribution in [3.05, 3.63) is 130 Å². The third-order valence-electron chi connectivity index (χ3n) is 10.3. The van der Waals surface area contributed by atoms with Crippen molar-refractivity contribution in [2.75, 3.05) is 13.1 Å². The van der Waals surface area contributed by atoms with Gasteiger partial charge in [-0.25, -0.2) is 0 Å². The summed E-state index contributed by atoms with van der Waals surface area (Å²) in [6, 6.07) is 19.5. The first kappa shape index (κ1) is 37.5. The second-order valence-corrected chi connectivity index (χ2v) is 19.4. The van der Waals surface area contributed by atoms with Gasteiger partial charge in [0.15, 0.2) is 0 Å². The number of rotatable bonds is 6. The van der Waals surface area contributed by atoms with Crippen LogP contribution in [0.1, 0.15) is 52.6 Å². The van der Waals surface area contributed by atoms with Crippen LogP contribution in [-0.4, -0.2) is 46.5 Å². The van der Waals surface area contributed by atoms with Gasteiger partial charge >= 0.3 is 0 Å². The van der Waals surface area contributed by atoms with Crippen molar-refractivity contribution in [1.82, 2.24) is 9.80 Å². The third kappa shape index (κ3) is 5.19. The minimum Gasteiger partial charge on any atom is -0.274 e. The average Bonchev–Trinajstić information content (AvgIpc) is 3.16. The molecule has 268 valence electrons. The topological polar surface area (TPSA) is 74.8 Å². The van der Waals surface area contributed by atoms with E-state index in [0.717, 1.165) is 11.1 Å². The van der Waals surface area contributed by atoms with E-state index in [0.29, 0.717) is 114 Å². The van der Waals surface area contributed by atoms with Crippen LogP contribution in [0.25, 0.3) is 43.1 Å². The molecule has 0 radical (unpaired) electrons. The zero-order valence-electron chi connectivity index (χ0n) is 27.2. The number of fused-ring (bicyclic) bond motifs is 2. The lowest BCUT2D eigenvalue weighted by Gasteiger charge is -2.33. The molecule has 54 heavy (non-hydrogen) atoms. The Hall–Kier alpha value is -2.04. The molecule has 2 aliphatic heterocycles. The largest absolute Gasteiger partial charge is 0.274 e. The molecular weight excluding hydrogens is 1210 g/mol. The van der Waals surface area contributed by atoms with E-state index < -0.39 is 23.6 Å². The molecule has 0 spiro atoms.